The predicted molar refractivity (Wildman–Crippen MR) is 76.2 cm³/mol. The number of allylic oxidation sites excluding steroid dienone is 4. The van der Waals surface area contributed by atoms with Gasteiger partial charge in [-0.2, -0.15) is 0 Å². The molecule has 3 heteroatoms. The number of nitrogens with zero attached hydrogens (tertiary/aromatic N) is 1. The molecule has 94 valence electrons. The molecule has 0 bridgehead atoms. The highest BCUT2D eigenvalue weighted by atomic mass is 15.1. The number of hydrogen-bond acceptors (Lipinski definition) is 3. The minimum atomic E-state index is 0.653. The van der Waals surface area contributed by atoms with E-state index < -0.39 is 0 Å². The molecule has 0 aliphatic rings. The number of hydrogen-bond donors (Lipinski definition) is 2. The molecular weight excluding hydrogens is 210 g/mol. The highest BCUT2D eigenvalue weighted by molar-refractivity contribution is 5.22. The Bertz CT molecular complexity index is 310. The summed E-state index contributed by atoms with van der Waals surface area (Å²) in [6.07, 6.45) is 11.3. The molecule has 3 nitrogen and oxygen atoms in total. The fourth-order valence-electron chi connectivity index (χ4n) is 1.29. The van der Waals surface area contributed by atoms with Crippen molar-refractivity contribution >= 4 is 0 Å². The lowest BCUT2D eigenvalue weighted by atomic mass is 10.3. The normalized spacial score (nSPS) is 13.3. The molecular formula is C14H23N3. The van der Waals surface area contributed by atoms with Crippen LogP contribution < -0.4 is 11.5 Å². The Morgan fingerprint density at radius 2 is 1.71 bits per heavy atom. The second-order valence-corrected chi connectivity index (χ2v) is 3.78. The monoisotopic (exact) mass is 233 g/mol. The van der Waals surface area contributed by atoms with Crippen molar-refractivity contribution in [3.8, 4) is 0 Å². The minimum Gasteiger partial charge on any atom is -0.402 e. The van der Waals surface area contributed by atoms with Crippen LogP contribution in [0.2, 0.25) is 0 Å². The maximum absolute atomic E-state index is 5.72. The molecule has 0 spiro atoms. The van der Waals surface area contributed by atoms with Crippen LogP contribution in [0.3, 0.4) is 0 Å². The van der Waals surface area contributed by atoms with Gasteiger partial charge >= 0.3 is 0 Å². The van der Waals surface area contributed by atoms with Crippen LogP contribution in [0.5, 0.6) is 0 Å². The first-order valence-electron chi connectivity index (χ1n) is 5.60. The van der Waals surface area contributed by atoms with E-state index in [1.165, 1.54) is 0 Å². The van der Waals surface area contributed by atoms with Gasteiger partial charge in [0.25, 0.3) is 0 Å². The second-order valence-electron chi connectivity index (χ2n) is 3.78. The average molecular weight is 233 g/mol. The van der Waals surface area contributed by atoms with Crippen molar-refractivity contribution in [1.82, 2.24) is 4.90 Å². The molecule has 0 heterocycles. The van der Waals surface area contributed by atoms with Crippen LogP contribution in [0.1, 0.15) is 6.92 Å². The molecule has 0 amide bonds. The van der Waals surface area contributed by atoms with E-state index in [9.17, 15) is 0 Å². The Morgan fingerprint density at radius 3 is 2.18 bits per heavy atom. The van der Waals surface area contributed by atoms with Gasteiger partial charge in [-0.3, -0.25) is 4.90 Å². The molecule has 0 aromatic rings. The van der Waals surface area contributed by atoms with Gasteiger partial charge in [-0.15, -0.1) is 13.2 Å². The van der Waals surface area contributed by atoms with Crippen molar-refractivity contribution < 1.29 is 0 Å². The van der Waals surface area contributed by atoms with E-state index in [1.54, 1.807) is 13.0 Å². The molecule has 0 saturated heterocycles. The molecule has 0 aromatic carbocycles. The molecule has 0 unspecified atom stereocenters. The van der Waals surface area contributed by atoms with E-state index in [0.29, 0.717) is 11.4 Å². The fourth-order valence-corrected chi connectivity index (χ4v) is 1.29. The lowest BCUT2D eigenvalue weighted by Gasteiger charge is -2.15. The standard InChI is InChI=1S/C14H23N3/c1-4-9-17(10-5-2)11-7-6-8-14(16)12-13(3)15/h4-8,12H,1-2,9-11,15-16H2,3H3/b7-6-,13-12+,14-8+. The van der Waals surface area contributed by atoms with Gasteiger partial charge in [-0.05, 0) is 19.1 Å². The lowest BCUT2D eigenvalue weighted by Crippen LogP contribution is -2.23. The van der Waals surface area contributed by atoms with Crippen LogP contribution in [-0.4, -0.2) is 24.5 Å². The number of rotatable bonds is 8. The van der Waals surface area contributed by atoms with E-state index in [0.717, 1.165) is 19.6 Å². The Kier molecular flexibility index (Phi) is 8.51. The smallest absolute Gasteiger partial charge is 0.0331 e. The van der Waals surface area contributed by atoms with E-state index >= 15 is 0 Å². The molecule has 4 N–H and O–H groups in total. The van der Waals surface area contributed by atoms with Gasteiger partial charge in [0.05, 0.1) is 0 Å². The maximum Gasteiger partial charge on any atom is 0.0331 e. The zero-order valence-corrected chi connectivity index (χ0v) is 10.6. The summed E-state index contributed by atoms with van der Waals surface area (Å²) >= 11 is 0. The third-order valence-electron chi connectivity index (χ3n) is 1.96. The summed E-state index contributed by atoms with van der Waals surface area (Å²) in [5.41, 5.74) is 12.6. The summed E-state index contributed by atoms with van der Waals surface area (Å²) in [5.74, 6) is 0. The van der Waals surface area contributed by atoms with Gasteiger partial charge in [0.1, 0.15) is 0 Å². The van der Waals surface area contributed by atoms with Gasteiger partial charge in [0, 0.05) is 31.0 Å². The fraction of sp³-hybridized carbons (Fsp3) is 0.286. The average Bonchev–Trinajstić information content (AvgIpc) is 2.24. The summed E-state index contributed by atoms with van der Waals surface area (Å²) in [7, 11) is 0. The van der Waals surface area contributed by atoms with Crippen LogP contribution in [0, 0.1) is 0 Å². The molecule has 17 heavy (non-hydrogen) atoms. The Balaban J connectivity index is 4.19. The van der Waals surface area contributed by atoms with Crippen LogP contribution in [-0.2, 0) is 0 Å². The van der Waals surface area contributed by atoms with Crippen molar-refractivity contribution in [3.05, 3.63) is 61.0 Å². The Hall–Kier alpha value is -1.74. The van der Waals surface area contributed by atoms with E-state index in [2.05, 4.69) is 18.1 Å². The van der Waals surface area contributed by atoms with Gasteiger partial charge in [-0.25, -0.2) is 0 Å². The summed E-state index contributed by atoms with van der Waals surface area (Å²) in [6, 6.07) is 0. The highest BCUT2D eigenvalue weighted by Gasteiger charge is 1.95. The summed E-state index contributed by atoms with van der Waals surface area (Å²) < 4.78 is 0. The third kappa shape index (κ3) is 9.20. The molecule has 0 atom stereocenters. The Morgan fingerprint density at radius 1 is 1.12 bits per heavy atom. The van der Waals surface area contributed by atoms with Crippen LogP contribution in [0.25, 0.3) is 0 Å². The molecule has 0 saturated carbocycles. The molecule has 0 aliphatic carbocycles. The molecule has 0 fully saturated rings. The van der Waals surface area contributed by atoms with Crippen LogP contribution in [0.15, 0.2) is 61.0 Å². The van der Waals surface area contributed by atoms with E-state index in [1.807, 2.05) is 30.4 Å². The maximum atomic E-state index is 5.72. The predicted octanol–water partition coefficient (Wildman–Crippen LogP) is 1.92. The van der Waals surface area contributed by atoms with Crippen molar-refractivity contribution in [2.75, 3.05) is 19.6 Å². The van der Waals surface area contributed by atoms with Gasteiger partial charge < -0.3 is 11.5 Å². The van der Waals surface area contributed by atoms with Crippen molar-refractivity contribution in [2.45, 2.75) is 6.92 Å². The van der Waals surface area contributed by atoms with Gasteiger partial charge in [-0.1, -0.05) is 24.3 Å². The van der Waals surface area contributed by atoms with Crippen LogP contribution >= 0.6 is 0 Å². The zero-order chi connectivity index (χ0) is 13.1. The second kappa shape index (κ2) is 9.48. The SMILES string of the molecule is C=CCN(CC=C)C\C=C/C=C(N)\C=C(/C)N. The van der Waals surface area contributed by atoms with Gasteiger partial charge in [0.2, 0.25) is 0 Å². The highest BCUT2D eigenvalue weighted by Crippen LogP contribution is 1.93. The molecule has 0 aliphatic heterocycles. The van der Waals surface area contributed by atoms with Gasteiger partial charge in [0.15, 0.2) is 0 Å². The first kappa shape index (κ1) is 15.3. The van der Waals surface area contributed by atoms with Crippen molar-refractivity contribution in [1.29, 1.82) is 0 Å². The van der Waals surface area contributed by atoms with E-state index in [-0.39, 0.29) is 0 Å². The Labute approximate surface area is 104 Å². The van der Waals surface area contributed by atoms with Crippen LogP contribution in [0.4, 0.5) is 0 Å². The molecule has 0 rings (SSSR count). The lowest BCUT2D eigenvalue weighted by molar-refractivity contribution is 0.373. The summed E-state index contributed by atoms with van der Waals surface area (Å²) in [4.78, 5) is 2.20. The quantitative estimate of drug-likeness (QED) is 0.497. The molecule has 0 aromatic heterocycles. The first-order valence-corrected chi connectivity index (χ1v) is 5.60. The topological polar surface area (TPSA) is 55.3 Å². The third-order valence-corrected chi connectivity index (χ3v) is 1.96. The molecule has 0 radical (unpaired) electrons. The van der Waals surface area contributed by atoms with E-state index in [4.69, 9.17) is 11.5 Å². The first-order chi connectivity index (χ1) is 8.10. The largest absolute Gasteiger partial charge is 0.402 e. The number of nitrogens with two attached hydrogens (primary N) is 2. The summed E-state index contributed by atoms with van der Waals surface area (Å²) in [5, 5.41) is 0. The summed E-state index contributed by atoms with van der Waals surface area (Å²) in [6.45, 7) is 11.8. The van der Waals surface area contributed by atoms with Crippen molar-refractivity contribution in [2.24, 2.45) is 11.5 Å². The van der Waals surface area contributed by atoms with Crippen molar-refractivity contribution in [3.63, 3.8) is 0 Å². The zero-order valence-electron chi connectivity index (χ0n) is 10.6. The minimum absolute atomic E-state index is 0.653.